The number of cyclic esters (lactones) is 1. The number of fused-ring (bicyclic) bond motifs is 3. The molecular formula is C52H79F2NO10. The van der Waals surface area contributed by atoms with Gasteiger partial charge in [-0.3, -0.25) is 19.2 Å². The Morgan fingerprint density at radius 2 is 1.63 bits per heavy atom. The fourth-order valence-corrected chi connectivity index (χ4v) is 10.2. The molecule has 3 aliphatic heterocycles. The van der Waals surface area contributed by atoms with Gasteiger partial charge in [0.2, 0.25) is 0 Å². The number of aliphatic hydroxyl groups is 1. The topological polar surface area (TPSA) is 146 Å². The largest absolute Gasteiger partial charge is 0.460 e. The van der Waals surface area contributed by atoms with Gasteiger partial charge in [0, 0.05) is 44.9 Å². The van der Waals surface area contributed by atoms with E-state index < -0.39 is 83.3 Å². The number of rotatable bonds is 5. The van der Waals surface area contributed by atoms with Crippen molar-refractivity contribution in [1.29, 1.82) is 0 Å². The number of halogens is 2. The molecule has 11 nitrogen and oxygen atoms in total. The fraction of sp³-hybridized carbons (Fsp3) is 0.750. The first kappa shape index (κ1) is 54.2. The molecule has 1 saturated carbocycles. The maximum Gasteiger partial charge on any atom is 0.329 e. The van der Waals surface area contributed by atoms with Crippen LogP contribution in [0.1, 0.15) is 139 Å². The Hall–Kier alpha value is -3.39. The highest BCUT2D eigenvalue weighted by atomic mass is 19.2. The Balaban J connectivity index is 1.71. The van der Waals surface area contributed by atoms with Crippen LogP contribution in [0.2, 0.25) is 0 Å². The van der Waals surface area contributed by atoms with Crippen LogP contribution in [0.5, 0.6) is 0 Å². The molecule has 2 bridgehead atoms. The molecule has 0 aromatic heterocycles. The third-order valence-electron chi connectivity index (χ3n) is 14.9. The van der Waals surface area contributed by atoms with Crippen molar-refractivity contribution >= 4 is 29.2 Å². The van der Waals surface area contributed by atoms with Crippen molar-refractivity contribution in [2.45, 2.75) is 188 Å². The van der Waals surface area contributed by atoms with Gasteiger partial charge in [0.1, 0.15) is 17.9 Å². The molecule has 3 fully saturated rings. The maximum absolute atomic E-state index is 17.1. The van der Waals surface area contributed by atoms with Gasteiger partial charge in [0.15, 0.2) is 18.1 Å². The van der Waals surface area contributed by atoms with Gasteiger partial charge in [0.05, 0.1) is 18.3 Å². The summed E-state index contributed by atoms with van der Waals surface area (Å²) in [7, 11) is 2.85. The summed E-state index contributed by atoms with van der Waals surface area (Å²) in [5.74, 6) is -9.44. The van der Waals surface area contributed by atoms with Gasteiger partial charge < -0.3 is 29.0 Å². The lowest BCUT2D eigenvalue weighted by molar-refractivity contribution is -0.231. The van der Waals surface area contributed by atoms with Gasteiger partial charge in [-0.1, -0.05) is 90.5 Å². The lowest BCUT2D eigenvalue weighted by Crippen LogP contribution is -2.59. The number of esters is 1. The van der Waals surface area contributed by atoms with Crippen LogP contribution in [-0.2, 0) is 42.9 Å². The van der Waals surface area contributed by atoms with Crippen LogP contribution in [0, 0.1) is 40.9 Å². The number of ether oxygens (including phenoxy) is 4. The molecule has 0 spiro atoms. The molecule has 1 amide bonds. The molecule has 4 aliphatic rings. The number of methoxy groups -OCH3 is 2. The highest BCUT2D eigenvalue weighted by Crippen LogP contribution is 2.43. The van der Waals surface area contributed by atoms with Crippen LogP contribution >= 0.6 is 0 Å². The summed E-state index contributed by atoms with van der Waals surface area (Å²) < 4.78 is 56.5. The number of ketones is 3. The first-order chi connectivity index (χ1) is 30.5. The lowest BCUT2D eigenvalue weighted by atomic mass is 9.77. The number of alkyl halides is 2. The molecule has 3 heterocycles. The lowest BCUT2D eigenvalue weighted by Gasteiger charge is -2.42. The Bertz CT molecular complexity index is 1790. The summed E-state index contributed by atoms with van der Waals surface area (Å²) in [4.78, 5) is 71.4. The van der Waals surface area contributed by atoms with Crippen molar-refractivity contribution in [1.82, 2.24) is 4.90 Å². The Labute approximate surface area is 387 Å². The van der Waals surface area contributed by atoms with E-state index in [2.05, 4.69) is 0 Å². The number of aliphatic hydroxyl groups excluding tert-OH is 1. The summed E-state index contributed by atoms with van der Waals surface area (Å²) >= 11 is 0. The Morgan fingerprint density at radius 3 is 2.31 bits per heavy atom. The molecule has 3 unspecified atom stereocenters. The van der Waals surface area contributed by atoms with E-state index >= 15 is 8.78 Å². The normalized spacial score (nSPS) is 40.1. The average Bonchev–Trinajstić information content (AvgIpc) is 3.26. The zero-order valence-corrected chi connectivity index (χ0v) is 41.0. The van der Waals surface area contributed by atoms with Crippen LogP contribution in [0.25, 0.3) is 0 Å². The van der Waals surface area contributed by atoms with Crippen molar-refractivity contribution in [2.75, 3.05) is 20.8 Å². The average molecular weight is 916 g/mol. The zero-order valence-electron chi connectivity index (χ0n) is 41.0. The number of hydrogen-bond acceptors (Lipinski definition) is 10. The number of carbonyl (C=O) groups excluding carboxylic acids is 5. The van der Waals surface area contributed by atoms with E-state index in [0.717, 1.165) is 10.5 Å². The number of Topliss-reactive ketones (excluding diaryl/α,β-unsaturated/α-hetero) is 3. The smallest absolute Gasteiger partial charge is 0.329 e. The minimum Gasteiger partial charge on any atom is -0.460 e. The number of amides is 1. The van der Waals surface area contributed by atoms with Crippen molar-refractivity contribution in [3.05, 3.63) is 47.6 Å². The van der Waals surface area contributed by atoms with E-state index in [1.807, 2.05) is 65.0 Å². The number of nitrogens with zero attached hydrogens (tertiary/aromatic N) is 1. The molecule has 1 aliphatic carbocycles. The molecule has 2 saturated heterocycles. The second-order valence-corrected chi connectivity index (χ2v) is 20.6. The molecule has 14 atom stereocenters. The summed E-state index contributed by atoms with van der Waals surface area (Å²) in [5.41, 5.74) is 0.697. The van der Waals surface area contributed by atoms with E-state index in [1.165, 1.54) is 20.1 Å². The predicted molar refractivity (Wildman–Crippen MR) is 246 cm³/mol. The first-order valence-corrected chi connectivity index (χ1v) is 24.1. The second-order valence-electron chi connectivity index (χ2n) is 20.6. The standard InChI is InChI=1S/C52H79F2NO10/c1-31-17-13-12-14-18-36(6)51(8,9)30-39-22-20-37(7)52(54,65-39)48(59)49(60)55-24-16-15-19-40(55)50(61)64-43(33(3)27-38-21-23-41(56)44(28-38)62-10)29-42(57)32(2)26-34(4)45(53)47(63-11)46(58)35(5)25-31/h12-14,17-18,26,31-33,35,37-41,43-45,47,56H,15-16,19-25,27-30H2,1-11H3/b14-12+,17-13+,34-26+,36-18+/t31-,32-,33-,35-,37-,38+,39+,40?,41+,43+,44-,45?,47-,52?/m1/s1. The number of allylic oxidation sites excluding steroid dienone is 7. The van der Waals surface area contributed by atoms with E-state index in [4.69, 9.17) is 18.9 Å². The van der Waals surface area contributed by atoms with Gasteiger partial charge in [-0.05, 0) is 113 Å². The van der Waals surface area contributed by atoms with Crippen molar-refractivity contribution in [3.63, 3.8) is 0 Å². The molecule has 0 aromatic rings. The highest BCUT2D eigenvalue weighted by Gasteiger charge is 2.55. The van der Waals surface area contributed by atoms with E-state index in [9.17, 15) is 29.1 Å². The SMILES string of the molecule is CO[C@H]1C(=O)[C@H](C)C[C@H](C)/C=C/C=C/C=C(\C)C(C)(C)C[C@@H]2CC[C@@H](C)C(F)(O2)C(=O)C(=O)N2CCCCC2C(=O)O[C@H]([C@H](C)C[C@@H]2CC[C@H](O)[C@H](OC)C2)CC(=O)[C@H](C)/C=C(\C)C1F. The van der Waals surface area contributed by atoms with E-state index in [-0.39, 0.29) is 60.4 Å². The molecule has 4 rings (SSSR count). The van der Waals surface area contributed by atoms with Crippen LogP contribution in [0.4, 0.5) is 8.78 Å². The highest BCUT2D eigenvalue weighted by molar-refractivity contribution is 6.39. The molecule has 13 heteroatoms. The van der Waals surface area contributed by atoms with Gasteiger partial charge in [0.25, 0.3) is 17.5 Å². The van der Waals surface area contributed by atoms with Crippen molar-refractivity contribution < 1.29 is 56.8 Å². The summed E-state index contributed by atoms with van der Waals surface area (Å²) in [6, 6.07) is -1.20. The van der Waals surface area contributed by atoms with Crippen LogP contribution in [0.15, 0.2) is 47.6 Å². The van der Waals surface area contributed by atoms with Crippen molar-refractivity contribution in [2.24, 2.45) is 40.9 Å². The molecule has 65 heavy (non-hydrogen) atoms. The summed E-state index contributed by atoms with van der Waals surface area (Å²) in [6.07, 6.45) is 10.3. The van der Waals surface area contributed by atoms with Gasteiger partial charge in [-0.15, -0.1) is 0 Å². The fourth-order valence-electron chi connectivity index (χ4n) is 10.2. The molecular weight excluding hydrogens is 837 g/mol. The zero-order chi connectivity index (χ0) is 48.4. The molecule has 0 radical (unpaired) electrons. The maximum atomic E-state index is 17.1. The summed E-state index contributed by atoms with van der Waals surface area (Å²) in [6.45, 7) is 16.4. The molecule has 1 N–H and O–H groups in total. The molecule has 0 aromatic carbocycles. The second kappa shape index (κ2) is 24.1. The van der Waals surface area contributed by atoms with Crippen LogP contribution in [0.3, 0.4) is 0 Å². The monoisotopic (exact) mass is 916 g/mol. The first-order valence-electron chi connectivity index (χ1n) is 24.1. The minimum absolute atomic E-state index is 0.0151. The Morgan fingerprint density at radius 1 is 0.923 bits per heavy atom. The minimum atomic E-state index is -2.90. The molecule has 366 valence electrons. The Kier molecular flexibility index (Phi) is 20.1. The summed E-state index contributed by atoms with van der Waals surface area (Å²) in [5, 5.41) is 10.5. The van der Waals surface area contributed by atoms with E-state index in [0.29, 0.717) is 64.2 Å². The van der Waals surface area contributed by atoms with Crippen LogP contribution < -0.4 is 0 Å². The number of piperidine rings is 1. The quantitative estimate of drug-likeness (QED) is 0.161. The van der Waals surface area contributed by atoms with Crippen LogP contribution in [-0.4, -0.2) is 109 Å². The predicted octanol–water partition coefficient (Wildman–Crippen LogP) is 9.15. The third-order valence-corrected chi connectivity index (χ3v) is 14.9. The van der Waals surface area contributed by atoms with E-state index in [1.54, 1.807) is 27.9 Å². The number of hydrogen-bond donors (Lipinski definition) is 1. The van der Waals surface area contributed by atoms with Gasteiger partial charge >= 0.3 is 5.97 Å². The third kappa shape index (κ3) is 14.1. The van der Waals surface area contributed by atoms with Gasteiger partial charge in [-0.2, -0.15) is 0 Å². The van der Waals surface area contributed by atoms with Gasteiger partial charge in [-0.25, -0.2) is 13.6 Å². The number of carbonyl (C=O) groups is 5. The van der Waals surface area contributed by atoms with Crippen molar-refractivity contribution in [3.8, 4) is 0 Å².